The molecule has 26 heavy (non-hydrogen) atoms. The van der Waals surface area contributed by atoms with Gasteiger partial charge in [0.1, 0.15) is 17.2 Å². The molecular formula is C19H25N3O3S. The van der Waals surface area contributed by atoms with Gasteiger partial charge in [-0.3, -0.25) is 9.69 Å². The van der Waals surface area contributed by atoms with E-state index in [0.29, 0.717) is 5.69 Å². The number of hydrogen-bond donors (Lipinski definition) is 1. The summed E-state index contributed by atoms with van der Waals surface area (Å²) in [5.74, 6) is 1.85. The third-order valence-corrected chi connectivity index (χ3v) is 6.44. The Labute approximate surface area is 157 Å². The summed E-state index contributed by atoms with van der Waals surface area (Å²) >= 11 is 1.44. The smallest absolute Gasteiger partial charge is 0.270 e. The van der Waals surface area contributed by atoms with Gasteiger partial charge in [0.05, 0.1) is 17.7 Å². The highest BCUT2D eigenvalue weighted by Gasteiger charge is 2.51. The van der Waals surface area contributed by atoms with E-state index in [2.05, 4.69) is 15.2 Å². The van der Waals surface area contributed by atoms with Gasteiger partial charge in [-0.1, -0.05) is 0 Å². The van der Waals surface area contributed by atoms with E-state index in [1.165, 1.54) is 11.3 Å². The van der Waals surface area contributed by atoms with Gasteiger partial charge in [0, 0.05) is 31.1 Å². The van der Waals surface area contributed by atoms with E-state index < -0.39 is 0 Å². The van der Waals surface area contributed by atoms with Gasteiger partial charge in [-0.2, -0.15) is 0 Å². The molecular weight excluding hydrogens is 350 g/mol. The Bertz CT molecular complexity index is 760. The van der Waals surface area contributed by atoms with Gasteiger partial charge in [0.15, 0.2) is 0 Å². The van der Waals surface area contributed by atoms with Crippen molar-refractivity contribution in [1.82, 2.24) is 15.2 Å². The second-order valence-corrected chi connectivity index (χ2v) is 8.05. The summed E-state index contributed by atoms with van der Waals surface area (Å²) in [6.07, 6.45) is 3.82. The third-order valence-electron chi connectivity index (χ3n) is 5.86. The number of aromatic nitrogens is 1. The van der Waals surface area contributed by atoms with Crippen molar-refractivity contribution in [2.45, 2.75) is 56.8 Å². The van der Waals surface area contributed by atoms with Crippen LogP contribution in [0.5, 0.6) is 0 Å². The van der Waals surface area contributed by atoms with E-state index >= 15 is 0 Å². The predicted octanol–water partition coefficient (Wildman–Crippen LogP) is 2.99. The number of ether oxygens (including phenoxy) is 1. The predicted molar refractivity (Wildman–Crippen MR) is 99.2 cm³/mol. The molecule has 3 heterocycles. The zero-order valence-corrected chi connectivity index (χ0v) is 16.1. The Balaban J connectivity index is 1.46. The lowest BCUT2D eigenvalue weighted by atomic mass is 9.78. The molecule has 0 radical (unpaired) electrons. The van der Waals surface area contributed by atoms with Crippen LogP contribution in [0, 0.1) is 6.92 Å². The fourth-order valence-electron chi connectivity index (χ4n) is 4.46. The Morgan fingerprint density at radius 3 is 3.08 bits per heavy atom. The fraction of sp³-hybridized carbons (Fsp3) is 0.579. The molecule has 2 aromatic rings. The van der Waals surface area contributed by atoms with Gasteiger partial charge in [0.2, 0.25) is 0 Å². The number of rotatable bonds is 5. The fourth-order valence-corrected chi connectivity index (χ4v) is 5.00. The molecule has 1 N–H and O–H groups in total. The van der Waals surface area contributed by atoms with E-state index in [-0.39, 0.29) is 23.6 Å². The van der Waals surface area contributed by atoms with Gasteiger partial charge in [0.25, 0.3) is 5.91 Å². The molecule has 2 aromatic heterocycles. The average Bonchev–Trinajstić information content (AvgIpc) is 3.37. The summed E-state index contributed by atoms with van der Waals surface area (Å²) < 4.78 is 11.8. The maximum atomic E-state index is 12.4. The molecule has 4 rings (SSSR count). The summed E-state index contributed by atoms with van der Waals surface area (Å²) in [5, 5.41) is 4.95. The van der Waals surface area contributed by atoms with Crippen molar-refractivity contribution >= 4 is 17.2 Å². The van der Waals surface area contributed by atoms with Crippen molar-refractivity contribution < 1.29 is 13.9 Å². The summed E-state index contributed by atoms with van der Waals surface area (Å²) in [6.45, 7) is 3.75. The lowest BCUT2D eigenvalue weighted by Gasteiger charge is -2.43. The summed E-state index contributed by atoms with van der Waals surface area (Å²) in [7, 11) is 1.82. The van der Waals surface area contributed by atoms with Gasteiger partial charge < -0.3 is 14.5 Å². The van der Waals surface area contributed by atoms with E-state index in [9.17, 15) is 4.79 Å². The molecule has 0 bridgehead atoms. The van der Waals surface area contributed by atoms with Gasteiger partial charge in [-0.15, -0.1) is 11.3 Å². The Kier molecular flexibility index (Phi) is 4.86. The van der Waals surface area contributed by atoms with Crippen molar-refractivity contribution in [3.8, 4) is 0 Å². The molecule has 140 valence electrons. The number of furan rings is 1. The summed E-state index contributed by atoms with van der Waals surface area (Å²) in [6, 6.07) is 4.49. The molecule has 1 saturated carbocycles. The largest absolute Gasteiger partial charge is 0.465 e. The number of nitrogens with one attached hydrogen (secondary N) is 1. The van der Waals surface area contributed by atoms with Gasteiger partial charge in [-0.25, -0.2) is 4.98 Å². The molecule has 0 spiro atoms. The molecule has 2 fully saturated rings. The van der Waals surface area contributed by atoms with Crippen LogP contribution in [-0.2, 0) is 11.3 Å². The second kappa shape index (κ2) is 7.13. The zero-order chi connectivity index (χ0) is 18.1. The summed E-state index contributed by atoms with van der Waals surface area (Å²) in [4.78, 5) is 18.9. The lowest BCUT2D eigenvalue weighted by Crippen LogP contribution is -2.54. The zero-order valence-electron chi connectivity index (χ0n) is 15.2. The Morgan fingerprint density at radius 1 is 1.50 bits per heavy atom. The minimum absolute atomic E-state index is 0.0765. The highest BCUT2D eigenvalue weighted by Crippen LogP contribution is 2.43. The van der Waals surface area contributed by atoms with E-state index in [4.69, 9.17) is 9.15 Å². The van der Waals surface area contributed by atoms with Crippen LogP contribution in [-0.4, -0.2) is 47.1 Å². The number of nitrogens with zero attached hydrogens (tertiary/aromatic N) is 2. The van der Waals surface area contributed by atoms with E-state index in [1.807, 2.05) is 26.2 Å². The number of carbonyl (C=O) groups is 1. The molecule has 3 atom stereocenters. The molecule has 0 unspecified atom stereocenters. The number of likely N-dealkylation sites (tertiary alicyclic amines) is 1. The first-order chi connectivity index (χ1) is 12.6. The first-order valence-corrected chi connectivity index (χ1v) is 10.1. The monoisotopic (exact) mass is 375 g/mol. The lowest BCUT2D eigenvalue weighted by molar-refractivity contribution is -0.0684. The van der Waals surface area contributed by atoms with Crippen LogP contribution in [0.2, 0.25) is 0 Å². The van der Waals surface area contributed by atoms with Crippen LogP contribution in [0.3, 0.4) is 0 Å². The van der Waals surface area contributed by atoms with Crippen LogP contribution >= 0.6 is 11.3 Å². The molecule has 7 heteroatoms. The second-order valence-electron chi connectivity index (χ2n) is 7.34. The summed E-state index contributed by atoms with van der Waals surface area (Å²) in [5.41, 5.74) is 2.09. The number of methoxy groups -OCH3 is 1. The first-order valence-electron chi connectivity index (χ1n) is 9.13. The van der Waals surface area contributed by atoms with Gasteiger partial charge in [-0.05, 0) is 44.7 Å². The first kappa shape index (κ1) is 17.7. The SMILES string of the molecule is CO[C@@]12CC[C@@H](NC(=O)c3cscn3)C[C@@H]1N(Cc1ccc(C)o1)CC2. The minimum Gasteiger partial charge on any atom is -0.465 e. The van der Waals surface area contributed by atoms with Crippen LogP contribution < -0.4 is 5.32 Å². The highest BCUT2D eigenvalue weighted by molar-refractivity contribution is 7.07. The molecule has 2 aliphatic rings. The van der Waals surface area contributed by atoms with Crippen LogP contribution in [0.1, 0.15) is 47.7 Å². The van der Waals surface area contributed by atoms with Crippen molar-refractivity contribution in [3.63, 3.8) is 0 Å². The number of fused-ring (bicyclic) bond motifs is 1. The highest BCUT2D eigenvalue weighted by atomic mass is 32.1. The average molecular weight is 375 g/mol. The standard InChI is InChI=1S/C19H25N3O3S/c1-13-3-4-15(25-13)10-22-8-7-19(24-2)6-5-14(9-17(19)22)21-18(23)16-11-26-12-20-16/h3-4,11-12,14,17H,5-10H2,1-2H3,(H,21,23)/t14-,17+,19-/m1/s1. The maximum Gasteiger partial charge on any atom is 0.270 e. The Morgan fingerprint density at radius 2 is 2.38 bits per heavy atom. The number of hydrogen-bond acceptors (Lipinski definition) is 6. The topological polar surface area (TPSA) is 67.6 Å². The van der Waals surface area contributed by atoms with Crippen molar-refractivity contribution in [2.75, 3.05) is 13.7 Å². The molecule has 1 saturated heterocycles. The quantitative estimate of drug-likeness (QED) is 0.870. The number of aryl methyl sites for hydroxylation is 1. The van der Waals surface area contributed by atoms with Crippen LogP contribution in [0.4, 0.5) is 0 Å². The van der Waals surface area contributed by atoms with Gasteiger partial charge >= 0.3 is 0 Å². The minimum atomic E-state index is -0.108. The van der Waals surface area contributed by atoms with Crippen molar-refractivity contribution in [3.05, 3.63) is 40.2 Å². The number of carbonyl (C=O) groups excluding carboxylic acids is 1. The van der Waals surface area contributed by atoms with Crippen LogP contribution in [0.25, 0.3) is 0 Å². The van der Waals surface area contributed by atoms with Crippen molar-refractivity contribution in [1.29, 1.82) is 0 Å². The third kappa shape index (κ3) is 3.31. The number of amides is 1. The number of thiazole rings is 1. The molecule has 6 nitrogen and oxygen atoms in total. The molecule has 1 aliphatic heterocycles. The Hall–Kier alpha value is -1.70. The molecule has 1 aliphatic carbocycles. The van der Waals surface area contributed by atoms with Crippen molar-refractivity contribution in [2.24, 2.45) is 0 Å². The van der Waals surface area contributed by atoms with E-state index in [1.54, 1.807) is 10.9 Å². The van der Waals surface area contributed by atoms with E-state index in [0.717, 1.165) is 50.3 Å². The molecule has 1 amide bonds. The maximum absolute atomic E-state index is 12.4. The van der Waals surface area contributed by atoms with Crippen LogP contribution in [0.15, 0.2) is 27.4 Å². The normalized spacial score (nSPS) is 28.8. The molecule has 0 aromatic carbocycles.